The monoisotopic (exact) mass is 384 g/mol. The molecule has 3 aliphatic rings. The molecule has 152 valence electrons. The van der Waals surface area contributed by atoms with Crippen LogP contribution in [0.1, 0.15) is 44.1 Å². The number of hydrogen-bond acceptors (Lipinski definition) is 4. The van der Waals surface area contributed by atoms with Crippen LogP contribution in [-0.4, -0.2) is 71.3 Å². The summed E-state index contributed by atoms with van der Waals surface area (Å²) >= 11 is 0. The first-order valence-electron chi connectivity index (χ1n) is 10.7. The number of carbonyl (C=O) groups excluding carboxylic acids is 2. The van der Waals surface area contributed by atoms with Crippen molar-refractivity contribution < 1.29 is 9.59 Å². The Balaban J connectivity index is 1.33. The number of piperidine rings is 2. The molecular weight excluding hydrogens is 352 g/mol. The molecule has 4 rings (SSSR count). The maximum Gasteiger partial charge on any atom is 0.236 e. The van der Waals surface area contributed by atoms with Crippen LogP contribution in [0.5, 0.6) is 0 Å². The van der Waals surface area contributed by atoms with Crippen LogP contribution in [-0.2, 0) is 16.1 Å². The Hall–Kier alpha value is -1.95. The largest absolute Gasteiger partial charge is 0.342 e. The van der Waals surface area contributed by atoms with Crippen molar-refractivity contribution in [2.45, 2.75) is 45.1 Å². The van der Waals surface area contributed by atoms with E-state index in [1.54, 1.807) is 6.20 Å². The summed E-state index contributed by atoms with van der Waals surface area (Å²) < 4.78 is 0. The Morgan fingerprint density at radius 3 is 2.93 bits per heavy atom. The van der Waals surface area contributed by atoms with E-state index in [-0.39, 0.29) is 11.3 Å². The van der Waals surface area contributed by atoms with E-state index in [0.29, 0.717) is 18.9 Å². The van der Waals surface area contributed by atoms with Crippen LogP contribution in [0.4, 0.5) is 0 Å². The molecule has 1 aliphatic carbocycles. The van der Waals surface area contributed by atoms with Gasteiger partial charge in [-0.05, 0) is 56.7 Å². The average molecular weight is 385 g/mol. The third-order valence-electron chi connectivity index (χ3n) is 6.52. The third kappa shape index (κ3) is 4.72. The highest BCUT2D eigenvalue weighted by Crippen LogP contribution is 2.40. The fourth-order valence-electron chi connectivity index (χ4n) is 4.82. The quantitative estimate of drug-likeness (QED) is 0.754. The van der Waals surface area contributed by atoms with E-state index in [1.807, 2.05) is 30.3 Å². The number of hydrogen-bond donors (Lipinski definition) is 0. The second-order valence-electron chi connectivity index (χ2n) is 9.17. The second kappa shape index (κ2) is 8.19. The Kier molecular flexibility index (Phi) is 5.67. The predicted octanol–water partition coefficient (Wildman–Crippen LogP) is 2.15. The minimum atomic E-state index is 0.110. The summed E-state index contributed by atoms with van der Waals surface area (Å²) in [6, 6.07) is 3.97. The number of rotatable bonds is 6. The fraction of sp³-hybridized carbons (Fsp3) is 0.682. The van der Waals surface area contributed by atoms with Gasteiger partial charge in [0.05, 0.1) is 6.54 Å². The number of likely N-dealkylation sites (N-methyl/N-ethyl adjacent to an activating group) is 1. The van der Waals surface area contributed by atoms with Gasteiger partial charge in [0.25, 0.3) is 0 Å². The molecule has 1 aromatic heterocycles. The Morgan fingerprint density at radius 1 is 1.32 bits per heavy atom. The van der Waals surface area contributed by atoms with E-state index < -0.39 is 0 Å². The van der Waals surface area contributed by atoms with Gasteiger partial charge in [0.2, 0.25) is 11.8 Å². The standard InChI is InChI=1S/C22H32N4O2/c1-24(13-19-4-2-10-23-12-19)15-21(28)25-11-3-8-22(16-25)9-7-20(27)26(17-22)14-18-5-6-18/h2,4,10,12,18H,3,5-9,11,13-17H2,1H3/t22-/m0/s1. The van der Waals surface area contributed by atoms with Gasteiger partial charge in [-0.2, -0.15) is 0 Å². The number of aromatic nitrogens is 1. The molecule has 2 aliphatic heterocycles. The van der Waals surface area contributed by atoms with Crippen molar-refractivity contribution >= 4 is 11.8 Å². The number of nitrogens with zero attached hydrogens (tertiary/aromatic N) is 4. The molecule has 6 nitrogen and oxygen atoms in total. The van der Waals surface area contributed by atoms with E-state index >= 15 is 0 Å². The first-order valence-corrected chi connectivity index (χ1v) is 10.7. The molecule has 6 heteroatoms. The van der Waals surface area contributed by atoms with Crippen LogP contribution in [0.2, 0.25) is 0 Å². The molecule has 1 saturated carbocycles. The third-order valence-corrected chi connectivity index (χ3v) is 6.52. The first kappa shape index (κ1) is 19.4. The summed E-state index contributed by atoms with van der Waals surface area (Å²) in [5, 5.41) is 0. The maximum absolute atomic E-state index is 12.9. The van der Waals surface area contributed by atoms with Crippen molar-refractivity contribution in [2.24, 2.45) is 11.3 Å². The van der Waals surface area contributed by atoms with Crippen LogP contribution in [0, 0.1) is 11.3 Å². The smallest absolute Gasteiger partial charge is 0.236 e. The molecule has 1 aromatic rings. The highest BCUT2D eigenvalue weighted by molar-refractivity contribution is 5.79. The van der Waals surface area contributed by atoms with E-state index in [9.17, 15) is 9.59 Å². The van der Waals surface area contributed by atoms with Crippen LogP contribution in [0.15, 0.2) is 24.5 Å². The van der Waals surface area contributed by atoms with Gasteiger partial charge in [0.1, 0.15) is 0 Å². The average Bonchev–Trinajstić information content (AvgIpc) is 3.50. The summed E-state index contributed by atoms with van der Waals surface area (Å²) in [5.41, 5.74) is 1.23. The zero-order valence-electron chi connectivity index (χ0n) is 17.0. The second-order valence-corrected chi connectivity index (χ2v) is 9.17. The molecule has 3 fully saturated rings. The summed E-state index contributed by atoms with van der Waals surface area (Å²) in [5.74, 6) is 1.25. The normalized spacial score (nSPS) is 25.6. The van der Waals surface area contributed by atoms with E-state index in [1.165, 1.54) is 12.8 Å². The van der Waals surface area contributed by atoms with Crippen molar-refractivity contribution in [3.8, 4) is 0 Å². The van der Waals surface area contributed by atoms with Crippen molar-refractivity contribution in [3.05, 3.63) is 30.1 Å². The van der Waals surface area contributed by atoms with Crippen LogP contribution >= 0.6 is 0 Å². The molecule has 0 N–H and O–H groups in total. The Bertz CT molecular complexity index is 706. The Labute approximate surface area is 167 Å². The maximum atomic E-state index is 12.9. The van der Waals surface area contributed by atoms with E-state index in [0.717, 1.165) is 63.5 Å². The zero-order valence-corrected chi connectivity index (χ0v) is 17.0. The van der Waals surface area contributed by atoms with Crippen molar-refractivity contribution in [3.63, 3.8) is 0 Å². The van der Waals surface area contributed by atoms with Gasteiger partial charge in [0, 0.05) is 57.0 Å². The number of likely N-dealkylation sites (tertiary alicyclic amines) is 2. The summed E-state index contributed by atoms with van der Waals surface area (Å²) in [6.07, 6.45) is 9.92. The lowest BCUT2D eigenvalue weighted by Crippen LogP contribution is -2.56. The molecule has 28 heavy (non-hydrogen) atoms. The van der Waals surface area contributed by atoms with Crippen LogP contribution < -0.4 is 0 Å². The Morgan fingerprint density at radius 2 is 2.18 bits per heavy atom. The summed E-state index contributed by atoms with van der Waals surface area (Å²) in [4.78, 5) is 35.7. The van der Waals surface area contributed by atoms with Gasteiger partial charge in [-0.25, -0.2) is 0 Å². The van der Waals surface area contributed by atoms with Crippen LogP contribution in [0.25, 0.3) is 0 Å². The summed E-state index contributed by atoms with van der Waals surface area (Å²) in [7, 11) is 1.99. The molecular formula is C22H32N4O2. The van der Waals surface area contributed by atoms with Crippen molar-refractivity contribution in [1.29, 1.82) is 0 Å². The predicted molar refractivity (Wildman–Crippen MR) is 107 cm³/mol. The van der Waals surface area contributed by atoms with Gasteiger partial charge in [-0.15, -0.1) is 0 Å². The lowest BCUT2D eigenvalue weighted by Gasteiger charge is -2.48. The highest BCUT2D eigenvalue weighted by Gasteiger charge is 2.43. The number of pyridine rings is 1. The molecule has 3 heterocycles. The van der Waals surface area contributed by atoms with Gasteiger partial charge < -0.3 is 9.80 Å². The van der Waals surface area contributed by atoms with E-state index in [2.05, 4.69) is 14.8 Å². The fourth-order valence-corrected chi connectivity index (χ4v) is 4.82. The molecule has 2 amide bonds. The van der Waals surface area contributed by atoms with E-state index in [4.69, 9.17) is 0 Å². The van der Waals surface area contributed by atoms with Crippen molar-refractivity contribution in [2.75, 3.05) is 39.8 Å². The molecule has 2 saturated heterocycles. The molecule has 0 unspecified atom stereocenters. The summed E-state index contributed by atoms with van der Waals surface area (Å²) in [6.45, 7) is 4.58. The number of amides is 2. The highest BCUT2D eigenvalue weighted by atomic mass is 16.2. The van der Waals surface area contributed by atoms with Gasteiger partial charge >= 0.3 is 0 Å². The topological polar surface area (TPSA) is 56.8 Å². The lowest BCUT2D eigenvalue weighted by molar-refractivity contribution is -0.143. The molecule has 1 atom stereocenters. The molecule has 0 radical (unpaired) electrons. The zero-order chi connectivity index (χ0) is 19.6. The van der Waals surface area contributed by atoms with Crippen LogP contribution in [0.3, 0.4) is 0 Å². The van der Waals surface area contributed by atoms with Crippen molar-refractivity contribution in [1.82, 2.24) is 19.7 Å². The molecule has 0 aromatic carbocycles. The lowest BCUT2D eigenvalue weighted by atomic mass is 9.73. The van der Waals surface area contributed by atoms with Gasteiger partial charge in [-0.1, -0.05) is 6.07 Å². The number of carbonyl (C=O) groups is 2. The van der Waals surface area contributed by atoms with Gasteiger partial charge in [0.15, 0.2) is 0 Å². The first-order chi connectivity index (χ1) is 13.5. The SMILES string of the molecule is CN(CC(=O)N1CCC[C@]2(CCC(=O)N(CC3CC3)C2)C1)Cc1cccnc1. The molecule has 1 spiro atoms. The molecule has 0 bridgehead atoms. The minimum Gasteiger partial charge on any atom is -0.342 e. The minimum absolute atomic E-state index is 0.110. The van der Waals surface area contributed by atoms with Gasteiger partial charge in [-0.3, -0.25) is 19.5 Å².